The van der Waals surface area contributed by atoms with Crippen LogP contribution in [0.5, 0.6) is 0 Å². The summed E-state index contributed by atoms with van der Waals surface area (Å²) in [5.41, 5.74) is 8.03. The normalized spacial score (nSPS) is 12.9. The molecule has 0 amide bonds. The summed E-state index contributed by atoms with van der Waals surface area (Å²) in [4.78, 5) is 8.36. The SMILES string of the molecule is CC(C)C(CN)c1cncn1-c1cccnc1. The first-order valence-electron chi connectivity index (χ1n) is 5.86. The van der Waals surface area contributed by atoms with Gasteiger partial charge in [0.1, 0.15) is 0 Å². The number of rotatable bonds is 4. The number of nitrogens with two attached hydrogens (primary N) is 1. The summed E-state index contributed by atoms with van der Waals surface area (Å²) >= 11 is 0. The average Bonchev–Trinajstić information content (AvgIpc) is 2.80. The Morgan fingerprint density at radius 3 is 2.71 bits per heavy atom. The van der Waals surface area contributed by atoms with Crippen molar-refractivity contribution in [2.24, 2.45) is 11.7 Å². The second kappa shape index (κ2) is 5.10. The van der Waals surface area contributed by atoms with E-state index in [1.54, 1.807) is 6.20 Å². The first-order chi connectivity index (χ1) is 8.24. The molecule has 2 aromatic heterocycles. The predicted octanol–water partition coefficient (Wildman–Crippen LogP) is 1.97. The van der Waals surface area contributed by atoms with Crippen molar-refractivity contribution in [2.75, 3.05) is 6.54 Å². The van der Waals surface area contributed by atoms with Crippen LogP contribution >= 0.6 is 0 Å². The van der Waals surface area contributed by atoms with Gasteiger partial charge in [-0.15, -0.1) is 0 Å². The Bertz CT molecular complexity index is 461. The van der Waals surface area contributed by atoms with E-state index in [0.29, 0.717) is 18.4 Å². The molecule has 0 spiro atoms. The molecule has 17 heavy (non-hydrogen) atoms. The molecule has 0 aliphatic heterocycles. The Balaban J connectivity index is 2.41. The van der Waals surface area contributed by atoms with Gasteiger partial charge in [-0.2, -0.15) is 0 Å². The molecular weight excluding hydrogens is 212 g/mol. The van der Waals surface area contributed by atoms with Crippen LogP contribution < -0.4 is 5.73 Å². The van der Waals surface area contributed by atoms with E-state index >= 15 is 0 Å². The van der Waals surface area contributed by atoms with Gasteiger partial charge >= 0.3 is 0 Å². The van der Waals surface area contributed by atoms with Crippen molar-refractivity contribution in [3.05, 3.63) is 42.7 Å². The largest absolute Gasteiger partial charge is 0.330 e. The highest BCUT2D eigenvalue weighted by Crippen LogP contribution is 2.24. The van der Waals surface area contributed by atoms with Crippen molar-refractivity contribution in [3.8, 4) is 5.69 Å². The second-order valence-electron chi connectivity index (χ2n) is 4.49. The van der Waals surface area contributed by atoms with E-state index < -0.39 is 0 Å². The standard InChI is InChI=1S/C13H18N4/c1-10(2)12(6-14)13-8-16-9-17(13)11-4-3-5-15-7-11/h3-5,7-10,12H,6,14H2,1-2H3. The Labute approximate surface area is 102 Å². The molecule has 0 aliphatic carbocycles. The lowest BCUT2D eigenvalue weighted by atomic mass is 9.93. The van der Waals surface area contributed by atoms with Crippen LogP contribution in [-0.2, 0) is 0 Å². The molecule has 2 heterocycles. The van der Waals surface area contributed by atoms with Crippen LogP contribution in [0, 0.1) is 5.92 Å². The van der Waals surface area contributed by atoms with E-state index in [0.717, 1.165) is 11.4 Å². The van der Waals surface area contributed by atoms with Crippen molar-refractivity contribution in [1.82, 2.24) is 14.5 Å². The molecule has 2 aromatic rings. The Kier molecular flexibility index (Phi) is 3.54. The number of nitrogens with zero attached hydrogens (tertiary/aromatic N) is 3. The van der Waals surface area contributed by atoms with Crippen LogP contribution in [0.25, 0.3) is 5.69 Å². The summed E-state index contributed by atoms with van der Waals surface area (Å²) in [6.07, 6.45) is 7.31. The highest BCUT2D eigenvalue weighted by Gasteiger charge is 2.18. The van der Waals surface area contributed by atoms with E-state index in [1.807, 2.05) is 30.9 Å². The van der Waals surface area contributed by atoms with E-state index in [9.17, 15) is 0 Å². The quantitative estimate of drug-likeness (QED) is 0.873. The van der Waals surface area contributed by atoms with E-state index in [2.05, 4.69) is 28.4 Å². The van der Waals surface area contributed by atoms with Crippen molar-refractivity contribution >= 4 is 0 Å². The smallest absolute Gasteiger partial charge is 0.0994 e. The summed E-state index contributed by atoms with van der Waals surface area (Å²) in [5.74, 6) is 0.810. The Morgan fingerprint density at radius 1 is 1.29 bits per heavy atom. The molecule has 90 valence electrons. The molecule has 0 bridgehead atoms. The third kappa shape index (κ3) is 2.36. The summed E-state index contributed by atoms with van der Waals surface area (Å²) < 4.78 is 2.06. The number of aromatic nitrogens is 3. The van der Waals surface area contributed by atoms with Gasteiger partial charge < -0.3 is 10.3 Å². The predicted molar refractivity (Wildman–Crippen MR) is 68.0 cm³/mol. The van der Waals surface area contributed by atoms with E-state index in [-0.39, 0.29) is 0 Å². The fraction of sp³-hybridized carbons (Fsp3) is 0.385. The van der Waals surface area contributed by atoms with E-state index in [1.165, 1.54) is 0 Å². The summed E-state index contributed by atoms with van der Waals surface area (Å²) in [7, 11) is 0. The van der Waals surface area contributed by atoms with Gasteiger partial charge in [0.05, 0.1) is 18.2 Å². The third-order valence-corrected chi connectivity index (χ3v) is 3.03. The third-order valence-electron chi connectivity index (χ3n) is 3.03. The molecule has 0 aliphatic rings. The zero-order valence-corrected chi connectivity index (χ0v) is 10.2. The molecule has 0 saturated carbocycles. The van der Waals surface area contributed by atoms with Crippen molar-refractivity contribution in [2.45, 2.75) is 19.8 Å². The highest BCUT2D eigenvalue weighted by molar-refractivity contribution is 5.31. The van der Waals surface area contributed by atoms with E-state index in [4.69, 9.17) is 5.73 Å². The zero-order chi connectivity index (χ0) is 12.3. The molecule has 1 unspecified atom stereocenters. The van der Waals surface area contributed by atoms with Crippen LogP contribution in [0.1, 0.15) is 25.5 Å². The van der Waals surface area contributed by atoms with Crippen LogP contribution in [0.4, 0.5) is 0 Å². The van der Waals surface area contributed by atoms with Crippen LogP contribution in [-0.4, -0.2) is 21.1 Å². The Morgan fingerprint density at radius 2 is 2.12 bits per heavy atom. The van der Waals surface area contributed by atoms with Gasteiger partial charge in [-0.05, 0) is 18.1 Å². The minimum absolute atomic E-state index is 0.317. The molecule has 0 fully saturated rings. The van der Waals surface area contributed by atoms with Gasteiger partial charge in [-0.3, -0.25) is 4.98 Å². The van der Waals surface area contributed by atoms with Crippen LogP contribution in [0.15, 0.2) is 37.1 Å². The first kappa shape index (κ1) is 11.8. The zero-order valence-electron chi connectivity index (χ0n) is 10.2. The second-order valence-corrected chi connectivity index (χ2v) is 4.49. The van der Waals surface area contributed by atoms with Crippen LogP contribution in [0.2, 0.25) is 0 Å². The summed E-state index contributed by atoms with van der Waals surface area (Å²) in [6, 6.07) is 3.94. The lowest BCUT2D eigenvalue weighted by Crippen LogP contribution is -2.20. The lowest BCUT2D eigenvalue weighted by Gasteiger charge is -2.20. The Hall–Kier alpha value is -1.68. The van der Waals surface area contributed by atoms with Gasteiger partial charge in [0.15, 0.2) is 0 Å². The highest BCUT2D eigenvalue weighted by atomic mass is 15.1. The molecular formula is C13H18N4. The lowest BCUT2D eigenvalue weighted by molar-refractivity contribution is 0.489. The molecule has 1 atom stereocenters. The van der Waals surface area contributed by atoms with Crippen molar-refractivity contribution in [3.63, 3.8) is 0 Å². The topological polar surface area (TPSA) is 56.7 Å². The molecule has 2 N–H and O–H groups in total. The average molecular weight is 230 g/mol. The molecule has 0 aromatic carbocycles. The number of pyridine rings is 1. The molecule has 0 radical (unpaired) electrons. The minimum atomic E-state index is 0.317. The summed E-state index contributed by atoms with van der Waals surface area (Å²) in [6.45, 7) is 4.99. The first-order valence-corrected chi connectivity index (χ1v) is 5.86. The number of hydrogen-bond acceptors (Lipinski definition) is 3. The molecule has 4 heteroatoms. The van der Waals surface area contributed by atoms with Crippen molar-refractivity contribution < 1.29 is 0 Å². The van der Waals surface area contributed by atoms with Crippen molar-refractivity contribution in [1.29, 1.82) is 0 Å². The van der Waals surface area contributed by atoms with Gasteiger partial charge in [-0.1, -0.05) is 13.8 Å². The van der Waals surface area contributed by atoms with Crippen LogP contribution in [0.3, 0.4) is 0 Å². The molecule has 2 rings (SSSR count). The maximum atomic E-state index is 5.86. The maximum Gasteiger partial charge on any atom is 0.0994 e. The number of imidazole rings is 1. The van der Waals surface area contributed by atoms with Gasteiger partial charge in [0, 0.05) is 30.6 Å². The van der Waals surface area contributed by atoms with Gasteiger partial charge in [-0.25, -0.2) is 4.98 Å². The molecule has 0 saturated heterocycles. The maximum absolute atomic E-state index is 5.86. The summed E-state index contributed by atoms with van der Waals surface area (Å²) in [5, 5.41) is 0. The minimum Gasteiger partial charge on any atom is -0.330 e. The monoisotopic (exact) mass is 230 g/mol. The number of hydrogen-bond donors (Lipinski definition) is 1. The fourth-order valence-electron chi connectivity index (χ4n) is 2.03. The molecule has 4 nitrogen and oxygen atoms in total. The van der Waals surface area contributed by atoms with Gasteiger partial charge in [0.2, 0.25) is 0 Å². The van der Waals surface area contributed by atoms with Gasteiger partial charge in [0.25, 0.3) is 0 Å². The fourth-order valence-corrected chi connectivity index (χ4v) is 2.03.